The van der Waals surface area contributed by atoms with Crippen molar-refractivity contribution in [1.82, 2.24) is 29.7 Å². The van der Waals surface area contributed by atoms with Gasteiger partial charge in [-0.05, 0) is 43.9 Å². The molecule has 0 aromatic carbocycles. The number of fused-ring (bicyclic) bond motifs is 2. The van der Waals surface area contributed by atoms with Crippen LogP contribution in [0, 0.1) is 0 Å². The minimum atomic E-state index is 0.542. The molecule has 4 aromatic rings. The van der Waals surface area contributed by atoms with Crippen molar-refractivity contribution in [2.24, 2.45) is 0 Å². The summed E-state index contributed by atoms with van der Waals surface area (Å²) in [4.78, 5) is 9.89. The Kier molecular flexibility index (Phi) is 4.17. The summed E-state index contributed by atoms with van der Waals surface area (Å²) >= 11 is 0. The average molecular weight is 336 g/mol. The summed E-state index contributed by atoms with van der Waals surface area (Å²) in [7, 11) is 4.07. The Morgan fingerprint density at radius 3 is 2.96 bits per heavy atom. The number of hydrogen-bond acceptors (Lipinski definition) is 5. The molecule has 4 rings (SSSR count). The number of aromatic amines is 1. The first kappa shape index (κ1) is 15.7. The summed E-state index contributed by atoms with van der Waals surface area (Å²) in [5.41, 5.74) is 4.97. The van der Waals surface area contributed by atoms with Crippen LogP contribution in [0.2, 0.25) is 0 Å². The number of rotatable bonds is 6. The second-order valence-corrected chi connectivity index (χ2v) is 6.23. The molecule has 1 N–H and O–H groups in total. The van der Waals surface area contributed by atoms with Gasteiger partial charge in [0.25, 0.3) is 0 Å². The standard InChI is InChI=1S/C18H20N6O/c1-23(2)8-9-25-12-13-10-15-14(5-7-19-18(15)22-13)16-11-21-24-17(16)4-3-6-20-24/h3-7,10-11H,8-9,12H2,1-2H3,(H,19,22). The first-order chi connectivity index (χ1) is 12.2. The van der Waals surface area contributed by atoms with Gasteiger partial charge in [-0.3, -0.25) is 0 Å². The van der Waals surface area contributed by atoms with E-state index in [4.69, 9.17) is 4.74 Å². The van der Waals surface area contributed by atoms with Gasteiger partial charge in [0.05, 0.1) is 24.9 Å². The van der Waals surface area contributed by atoms with Crippen molar-refractivity contribution in [3.05, 3.63) is 48.5 Å². The molecule has 4 heterocycles. The Balaban J connectivity index is 1.66. The van der Waals surface area contributed by atoms with Gasteiger partial charge in [0.2, 0.25) is 0 Å². The van der Waals surface area contributed by atoms with Crippen molar-refractivity contribution < 1.29 is 4.74 Å². The van der Waals surface area contributed by atoms with E-state index in [2.05, 4.69) is 31.1 Å². The van der Waals surface area contributed by atoms with Crippen LogP contribution in [0.25, 0.3) is 27.7 Å². The van der Waals surface area contributed by atoms with E-state index in [1.807, 2.05) is 44.7 Å². The molecule has 0 aliphatic rings. The number of pyridine rings is 1. The van der Waals surface area contributed by atoms with Crippen molar-refractivity contribution in [2.75, 3.05) is 27.2 Å². The van der Waals surface area contributed by atoms with Crippen LogP contribution in [0.4, 0.5) is 0 Å². The van der Waals surface area contributed by atoms with E-state index in [1.54, 1.807) is 10.8 Å². The van der Waals surface area contributed by atoms with Crippen molar-refractivity contribution >= 4 is 16.6 Å². The Hall–Kier alpha value is -2.77. The van der Waals surface area contributed by atoms with E-state index in [0.717, 1.165) is 39.9 Å². The fourth-order valence-corrected chi connectivity index (χ4v) is 2.86. The summed E-state index contributed by atoms with van der Waals surface area (Å²) < 4.78 is 7.37. The topological polar surface area (TPSA) is 71.3 Å². The molecule has 0 saturated carbocycles. The van der Waals surface area contributed by atoms with E-state index < -0.39 is 0 Å². The lowest BCUT2D eigenvalue weighted by Crippen LogP contribution is -2.17. The van der Waals surface area contributed by atoms with Gasteiger partial charge in [-0.15, -0.1) is 0 Å². The first-order valence-electron chi connectivity index (χ1n) is 8.21. The summed E-state index contributed by atoms with van der Waals surface area (Å²) in [5, 5.41) is 9.63. The maximum Gasteiger partial charge on any atom is 0.138 e. The Bertz CT molecular complexity index is 1000. The van der Waals surface area contributed by atoms with E-state index in [-0.39, 0.29) is 0 Å². The quantitative estimate of drug-likeness (QED) is 0.547. The van der Waals surface area contributed by atoms with Crippen molar-refractivity contribution in [1.29, 1.82) is 0 Å². The van der Waals surface area contributed by atoms with Gasteiger partial charge in [-0.25, -0.2) is 4.98 Å². The molecule has 7 heteroatoms. The van der Waals surface area contributed by atoms with Gasteiger partial charge in [-0.2, -0.15) is 14.8 Å². The Morgan fingerprint density at radius 1 is 1.16 bits per heavy atom. The number of aromatic nitrogens is 5. The fourth-order valence-electron chi connectivity index (χ4n) is 2.86. The molecule has 0 saturated heterocycles. The average Bonchev–Trinajstić information content (AvgIpc) is 3.22. The van der Waals surface area contributed by atoms with E-state index in [9.17, 15) is 0 Å². The van der Waals surface area contributed by atoms with Crippen molar-refractivity contribution in [3.63, 3.8) is 0 Å². The zero-order valence-electron chi connectivity index (χ0n) is 14.3. The van der Waals surface area contributed by atoms with Crippen LogP contribution >= 0.6 is 0 Å². The molecule has 25 heavy (non-hydrogen) atoms. The number of nitrogens with zero attached hydrogens (tertiary/aromatic N) is 5. The molecule has 4 aromatic heterocycles. The minimum absolute atomic E-state index is 0.542. The molecule has 0 aliphatic heterocycles. The minimum Gasteiger partial charge on any atom is -0.374 e. The second-order valence-electron chi connectivity index (χ2n) is 6.23. The van der Waals surface area contributed by atoms with Crippen LogP contribution in [-0.4, -0.2) is 56.9 Å². The lowest BCUT2D eigenvalue weighted by Gasteiger charge is -2.08. The third kappa shape index (κ3) is 3.11. The van der Waals surface area contributed by atoms with Crippen molar-refractivity contribution in [3.8, 4) is 11.1 Å². The van der Waals surface area contributed by atoms with Gasteiger partial charge in [0.15, 0.2) is 0 Å². The summed E-state index contributed by atoms with van der Waals surface area (Å²) in [6.45, 7) is 2.14. The molecular weight excluding hydrogens is 316 g/mol. The molecule has 0 unspecified atom stereocenters. The maximum atomic E-state index is 5.73. The SMILES string of the molecule is CN(C)CCOCc1cc2c(-c3cnn4ncccc34)ccnc2[nH]1. The third-order valence-corrected chi connectivity index (χ3v) is 4.12. The summed E-state index contributed by atoms with van der Waals surface area (Å²) in [5.74, 6) is 0. The van der Waals surface area contributed by atoms with Crippen LogP contribution < -0.4 is 0 Å². The Labute approximate surface area is 145 Å². The highest BCUT2D eigenvalue weighted by Crippen LogP contribution is 2.30. The molecule has 7 nitrogen and oxygen atoms in total. The number of ether oxygens (including phenoxy) is 1. The highest BCUT2D eigenvalue weighted by molar-refractivity contribution is 5.97. The van der Waals surface area contributed by atoms with E-state index >= 15 is 0 Å². The van der Waals surface area contributed by atoms with Gasteiger partial charge in [0, 0.05) is 35.6 Å². The second kappa shape index (κ2) is 6.62. The maximum absolute atomic E-state index is 5.73. The van der Waals surface area contributed by atoms with E-state index in [0.29, 0.717) is 13.2 Å². The molecule has 0 bridgehead atoms. The summed E-state index contributed by atoms with van der Waals surface area (Å²) in [6.07, 6.45) is 5.38. The van der Waals surface area contributed by atoms with Gasteiger partial charge < -0.3 is 14.6 Å². The number of nitrogens with one attached hydrogen (secondary N) is 1. The number of hydrogen-bond donors (Lipinski definition) is 1. The molecule has 128 valence electrons. The molecule has 0 radical (unpaired) electrons. The van der Waals surface area contributed by atoms with Crippen LogP contribution in [-0.2, 0) is 11.3 Å². The first-order valence-corrected chi connectivity index (χ1v) is 8.21. The highest BCUT2D eigenvalue weighted by Gasteiger charge is 2.13. The van der Waals surface area contributed by atoms with Crippen LogP contribution in [0.3, 0.4) is 0 Å². The van der Waals surface area contributed by atoms with Gasteiger partial charge in [-0.1, -0.05) is 0 Å². The van der Waals surface area contributed by atoms with Crippen LogP contribution in [0.1, 0.15) is 5.69 Å². The fraction of sp³-hybridized carbons (Fsp3) is 0.278. The lowest BCUT2D eigenvalue weighted by molar-refractivity contribution is 0.103. The normalized spacial score (nSPS) is 11.8. The monoisotopic (exact) mass is 336 g/mol. The largest absolute Gasteiger partial charge is 0.374 e. The van der Waals surface area contributed by atoms with E-state index in [1.165, 1.54) is 0 Å². The lowest BCUT2D eigenvalue weighted by atomic mass is 10.1. The predicted octanol–water partition coefficient (Wildman–Crippen LogP) is 2.35. The molecule has 0 aliphatic carbocycles. The van der Waals surface area contributed by atoms with Crippen LogP contribution in [0.5, 0.6) is 0 Å². The molecule has 0 spiro atoms. The van der Waals surface area contributed by atoms with Gasteiger partial charge in [0.1, 0.15) is 5.65 Å². The molecular formula is C18H20N6O. The molecule has 0 amide bonds. The smallest absolute Gasteiger partial charge is 0.138 e. The number of likely N-dealkylation sites (N-methyl/N-ethyl adjacent to an activating group) is 1. The summed E-state index contributed by atoms with van der Waals surface area (Å²) in [6, 6.07) is 8.05. The zero-order chi connectivity index (χ0) is 17.2. The highest BCUT2D eigenvalue weighted by atomic mass is 16.5. The predicted molar refractivity (Wildman–Crippen MR) is 96.3 cm³/mol. The zero-order valence-corrected chi connectivity index (χ0v) is 14.3. The molecule has 0 fully saturated rings. The van der Waals surface area contributed by atoms with Crippen molar-refractivity contribution in [2.45, 2.75) is 6.61 Å². The number of H-pyrrole nitrogens is 1. The Morgan fingerprint density at radius 2 is 2.08 bits per heavy atom. The van der Waals surface area contributed by atoms with Gasteiger partial charge >= 0.3 is 0 Å². The van der Waals surface area contributed by atoms with Crippen LogP contribution in [0.15, 0.2) is 42.9 Å². The third-order valence-electron chi connectivity index (χ3n) is 4.12. The molecule has 0 atom stereocenters.